The highest BCUT2D eigenvalue weighted by Crippen LogP contribution is 2.39. The van der Waals surface area contributed by atoms with Crippen LogP contribution >= 0.6 is 27.3 Å². The fourth-order valence-corrected chi connectivity index (χ4v) is 4.10. The highest BCUT2D eigenvalue weighted by atomic mass is 79.9. The summed E-state index contributed by atoms with van der Waals surface area (Å²) in [5, 5.41) is 1.22. The maximum atomic E-state index is 6.12. The van der Waals surface area contributed by atoms with Gasteiger partial charge in [-0.1, -0.05) is 18.2 Å². The van der Waals surface area contributed by atoms with Crippen molar-refractivity contribution in [1.82, 2.24) is 0 Å². The zero-order valence-corrected chi connectivity index (χ0v) is 13.9. The maximum Gasteiger partial charge on any atom is 0.506 e. The number of hydrogen-bond acceptors (Lipinski definition) is 3. The van der Waals surface area contributed by atoms with E-state index in [4.69, 9.17) is 9.31 Å². The molecule has 100 valence electrons. The maximum absolute atomic E-state index is 6.12. The van der Waals surface area contributed by atoms with E-state index in [0.717, 1.165) is 9.25 Å². The second-order valence-corrected chi connectivity index (χ2v) is 7.74. The van der Waals surface area contributed by atoms with Gasteiger partial charge in [-0.05, 0) is 49.7 Å². The smallest absolute Gasteiger partial charge is 0.399 e. The van der Waals surface area contributed by atoms with Crippen LogP contribution in [0.1, 0.15) is 27.7 Å². The molecule has 3 rings (SSSR count). The minimum atomic E-state index is -0.298. The first-order valence-corrected chi connectivity index (χ1v) is 7.95. The lowest BCUT2D eigenvalue weighted by Crippen LogP contribution is -2.41. The van der Waals surface area contributed by atoms with Crippen LogP contribution in [0, 0.1) is 0 Å². The van der Waals surface area contributed by atoms with Crippen molar-refractivity contribution in [2.24, 2.45) is 0 Å². The molecule has 1 fully saturated rings. The molecule has 1 aromatic carbocycles. The van der Waals surface area contributed by atoms with Gasteiger partial charge in [-0.15, -0.1) is 11.3 Å². The number of halogens is 1. The van der Waals surface area contributed by atoms with Gasteiger partial charge in [-0.3, -0.25) is 0 Å². The van der Waals surface area contributed by atoms with E-state index in [0.29, 0.717) is 0 Å². The SMILES string of the molecule is CC1(C)OB(c2sc3ccccc3c2Br)OC1(C)C. The van der Waals surface area contributed by atoms with E-state index < -0.39 is 0 Å². The molecule has 0 amide bonds. The van der Waals surface area contributed by atoms with E-state index in [-0.39, 0.29) is 18.3 Å². The molecule has 1 saturated heterocycles. The van der Waals surface area contributed by atoms with Gasteiger partial charge in [-0.25, -0.2) is 0 Å². The molecule has 0 atom stereocenters. The van der Waals surface area contributed by atoms with E-state index in [2.05, 4.69) is 61.8 Å². The Balaban J connectivity index is 2.05. The zero-order valence-electron chi connectivity index (χ0n) is 11.5. The fraction of sp³-hybridized carbons (Fsp3) is 0.429. The first-order valence-electron chi connectivity index (χ1n) is 6.34. The molecular weight excluding hydrogens is 323 g/mol. The molecule has 1 aromatic heterocycles. The third kappa shape index (κ3) is 2.07. The first kappa shape index (κ1) is 13.6. The van der Waals surface area contributed by atoms with Crippen LogP contribution in [0.4, 0.5) is 0 Å². The number of rotatable bonds is 1. The second-order valence-electron chi connectivity index (χ2n) is 5.86. The van der Waals surface area contributed by atoms with Crippen LogP contribution in [-0.2, 0) is 9.31 Å². The Morgan fingerprint density at radius 1 is 1.05 bits per heavy atom. The molecule has 2 nitrogen and oxygen atoms in total. The van der Waals surface area contributed by atoms with Crippen molar-refractivity contribution in [2.75, 3.05) is 0 Å². The number of fused-ring (bicyclic) bond motifs is 1. The average molecular weight is 339 g/mol. The summed E-state index contributed by atoms with van der Waals surface area (Å²) in [6.07, 6.45) is 0. The normalized spacial score (nSPS) is 21.2. The lowest BCUT2D eigenvalue weighted by Gasteiger charge is -2.32. The van der Waals surface area contributed by atoms with E-state index >= 15 is 0 Å². The highest BCUT2D eigenvalue weighted by Gasteiger charge is 2.52. The molecule has 19 heavy (non-hydrogen) atoms. The summed E-state index contributed by atoms with van der Waals surface area (Å²) in [7, 11) is -0.295. The molecule has 2 aromatic rings. The van der Waals surface area contributed by atoms with Crippen molar-refractivity contribution in [3.8, 4) is 0 Å². The Labute approximate surface area is 126 Å². The van der Waals surface area contributed by atoms with E-state index in [1.165, 1.54) is 10.1 Å². The van der Waals surface area contributed by atoms with Gasteiger partial charge in [0.15, 0.2) is 0 Å². The number of hydrogen-bond donors (Lipinski definition) is 0. The van der Waals surface area contributed by atoms with Crippen LogP contribution in [0.3, 0.4) is 0 Å². The third-order valence-electron chi connectivity index (χ3n) is 4.03. The number of benzene rings is 1. The molecule has 1 aliphatic rings. The monoisotopic (exact) mass is 338 g/mol. The standard InChI is InChI=1S/C14H16BBrO2S/c1-13(2)14(3,4)18-15(17-13)12-11(16)9-7-5-6-8-10(9)19-12/h5-8H,1-4H3. The van der Waals surface area contributed by atoms with Crippen LogP contribution < -0.4 is 4.78 Å². The summed E-state index contributed by atoms with van der Waals surface area (Å²) in [4.78, 5) is 0. The fourth-order valence-electron chi connectivity index (χ4n) is 2.13. The first-order chi connectivity index (χ1) is 8.82. The summed E-state index contributed by atoms with van der Waals surface area (Å²) < 4.78 is 15.7. The molecule has 1 aliphatic heterocycles. The van der Waals surface area contributed by atoms with Gasteiger partial charge in [0, 0.05) is 14.6 Å². The molecule has 0 spiro atoms. The van der Waals surface area contributed by atoms with Crippen molar-refractivity contribution in [3.05, 3.63) is 28.7 Å². The minimum absolute atomic E-state index is 0.295. The lowest BCUT2D eigenvalue weighted by atomic mass is 9.87. The summed E-state index contributed by atoms with van der Waals surface area (Å²) in [6.45, 7) is 8.31. The van der Waals surface area contributed by atoms with Crippen molar-refractivity contribution < 1.29 is 9.31 Å². The van der Waals surface area contributed by atoms with Crippen LogP contribution in [0.2, 0.25) is 0 Å². The molecule has 0 radical (unpaired) electrons. The quantitative estimate of drug-likeness (QED) is 0.733. The molecule has 0 unspecified atom stereocenters. The van der Waals surface area contributed by atoms with Crippen molar-refractivity contribution in [2.45, 2.75) is 38.9 Å². The van der Waals surface area contributed by atoms with Gasteiger partial charge in [0.25, 0.3) is 0 Å². The Kier molecular flexibility index (Phi) is 3.10. The molecular formula is C14H16BBrO2S. The van der Waals surface area contributed by atoms with Crippen LogP contribution in [0.25, 0.3) is 10.1 Å². The Bertz CT molecular complexity index is 619. The van der Waals surface area contributed by atoms with E-state index in [1.54, 1.807) is 11.3 Å². The van der Waals surface area contributed by atoms with Crippen LogP contribution in [0.5, 0.6) is 0 Å². The van der Waals surface area contributed by atoms with Gasteiger partial charge in [-0.2, -0.15) is 0 Å². The summed E-state index contributed by atoms with van der Waals surface area (Å²) in [5.74, 6) is 0. The predicted octanol–water partition coefficient (Wildman–Crippen LogP) is 3.96. The van der Waals surface area contributed by atoms with Crippen LogP contribution in [0.15, 0.2) is 28.7 Å². The molecule has 5 heteroatoms. The minimum Gasteiger partial charge on any atom is -0.399 e. The molecule has 0 saturated carbocycles. The van der Waals surface area contributed by atoms with Crippen molar-refractivity contribution >= 4 is 49.2 Å². The van der Waals surface area contributed by atoms with Crippen molar-refractivity contribution in [1.29, 1.82) is 0 Å². The third-order valence-corrected chi connectivity index (χ3v) is 6.34. The van der Waals surface area contributed by atoms with Gasteiger partial charge >= 0.3 is 7.12 Å². The Hall–Kier alpha value is -0.355. The van der Waals surface area contributed by atoms with Gasteiger partial charge in [0.2, 0.25) is 0 Å². The Morgan fingerprint density at radius 3 is 2.21 bits per heavy atom. The van der Waals surface area contributed by atoms with Gasteiger partial charge in [0.05, 0.1) is 16.0 Å². The second kappa shape index (κ2) is 4.32. The van der Waals surface area contributed by atoms with Gasteiger partial charge in [0.1, 0.15) is 0 Å². The van der Waals surface area contributed by atoms with E-state index in [1.807, 2.05) is 6.07 Å². The lowest BCUT2D eigenvalue weighted by molar-refractivity contribution is 0.00578. The Morgan fingerprint density at radius 2 is 1.63 bits per heavy atom. The topological polar surface area (TPSA) is 18.5 Å². The summed E-state index contributed by atoms with van der Waals surface area (Å²) in [6, 6.07) is 8.34. The molecule has 0 aliphatic carbocycles. The van der Waals surface area contributed by atoms with Gasteiger partial charge < -0.3 is 9.31 Å². The zero-order chi connectivity index (χ0) is 13.8. The summed E-state index contributed by atoms with van der Waals surface area (Å²) >= 11 is 5.41. The predicted molar refractivity (Wildman–Crippen MR) is 85.2 cm³/mol. The van der Waals surface area contributed by atoms with Crippen molar-refractivity contribution in [3.63, 3.8) is 0 Å². The molecule has 0 bridgehead atoms. The van der Waals surface area contributed by atoms with Crippen LogP contribution in [-0.4, -0.2) is 18.3 Å². The largest absolute Gasteiger partial charge is 0.506 e. The highest BCUT2D eigenvalue weighted by molar-refractivity contribution is 9.11. The molecule has 2 heterocycles. The average Bonchev–Trinajstić information content (AvgIpc) is 2.76. The summed E-state index contributed by atoms with van der Waals surface area (Å²) in [5.41, 5.74) is -0.597. The van der Waals surface area contributed by atoms with E-state index in [9.17, 15) is 0 Å². The number of thiophene rings is 1. The molecule has 0 N–H and O–H groups in total.